The van der Waals surface area contributed by atoms with E-state index in [0.29, 0.717) is 89.7 Å². The van der Waals surface area contributed by atoms with Gasteiger partial charge < -0.3 is 19.9 Å². The van der Waals surface area contributed by atoms with E-state index in [1.807, 2.05) is 22.1 Å². The minimum absolute atomic E-state index is 0.0851. The number of thioether (sulfide) groups is 1. The number of β-amino-alcohol motifs (C(OH)–C–C–N with tert-alkyl or cyclic N) is 1. The van der Waals surface area contributed by atoms with Crippen molar-refractivity contribution in [2.75, 3.05) is 76.1 Å². The molecule has 4 aliphatic rings. The maximum absolute atomic E-state index is 14.2. The first-order valence-electron chi connectivity index (χ1n) is 16.0. The van der Waals surface area contributed by atoms with Crippen LogP contribution in [-0.4, -0.2) is 110 Å². The van der Waals surface area contributed by atoms with E-state index in [2.05, 4.69) is 20.2 Å². The highest BCUT2D eigenvalue weighted by atomic mass is 32.2. The van der Waals surface area contributed by atoms with Gasteiger partial charge >= 0.3 is 6.18 Å². The van der Waals surface area contributed by atoms with Gasteiger partial charge in [-0.25, -0.2) is 14.2 Å². The Morgan fingerprint density at radius 2 is 1.74 bits per heavy atom. The molecule has 0 aromatic heterocycles. The van der Waals surface area contributed by atoms with Crippen LogP contribution in [0.25, 0.3) is 0 Å². The Balaban J connectivity index is 1.09. The molecule has 3 saturated heterocycles. The van der Waals surface area contributed by atoms with Gasteiger partial charge in [0.1, 0.15) is 12.0 Å². The van der Waals surface area contributed by atoms with Gasteiger partial charge in [0, 0.05) is 87.4 Å². The van der Waals surface area contributed by atoms with Gasteiger partial charge in [-0.1, -0.05) is 18.2 Å². The molecule has 2 N–H and O–H groups in total. The summed E-state index contributed by atoms with van der Waals surface area (Å²) in [5.41, 5.74) is 5.10. The number of benzene rings is 2. The van der Waals surface area contributed by atoms with E-state index in [4.69, 9.17) is 0 Å². The average Bonchev–Trinajstić information content (AvgIpc) is 3.40. The van der Waals surface area contributed by atoms with E-state index >= 15 is 0 Å². The lowest BCUT2D eigenvalue weighted by molar-refractivity contribution is -0.139. The first-order valence-corrected chi connectivity index (χ1v) is 17.0. The third kappa shape index (κ3) is 7.87. The van der Waals surface area contributed by atoms with E-state index in [9.17, 15) is 27.1 Å². The lowest BCUT2D eigenvalue weighted by Crippen LogP contribution is -2.50. The van der Waals surface area contributed by atoms with E-state index in [1.165, 1.54) is 23.9 Å². The Kier molecular flexibility index (Phi) is 10.5. The van der Waals surface area contributed by atoms with E-state index < -0.39 is 24.0 Å². The molecule has 0 radical (unpaired) electrons. The van der Waals surface area contributed by atoms with Crippen LogP contribution in [0.1, 0.15) is 30.0 Å². The number of rotatable bonds is 10. The molecule has 0 bridgehead atoms. The summed E-state index contributed by atoms with van der Waals surface area (Å²) in [6.07, 6.45) is -1.38. The lowest BCUT2D eigenvalue weighted by Gasteiger charge is -2.37. The third-order valence-corrected chi connectivity index (χ3v) is 10.4. The molecule has 4 heterocycles. The molecule has 7 nitrogen and oxygen atoms in total. The summed E-state index contributed by atoms with van der Waals surface area (Å²) in [5.74, 6) is 0.157. The number of dihydropyridines is 1. The molecular weight excluding hydrogens is 623 g/mol. The molecule has 6 rings (SSSR count). The summed E-state index contributed by atoms with van der Waals surface area (Å²) in [6.45, 7) is 5.81. The second kappa shape index (κ2) is 14.6. The SMILES string of the molecule is O[C@@H](CN1CCN(c2ccccc2F)CC1)CN1NC(c2ccc(C(F)(F)F)c(SCCN3CCC(F)CC3)c2)C2CN=CC=C21. The highest BCUT2D eigenvalue weighted by Gasteiger charge is 2.40. The first-order chi connectivity index (χ1) is 22.2. The smallest absolute Gasteiger partial charge is 0.390 e. The Morgan fingerprint density at radius 3 is 2.48 bits per heavy atom. The van der Waals surface area contributed by atoms with Crippen molar-refractivity contribution in [2.45, 2.75) is 42.2 Å². The zero-order valence-electron chi connectivity index (χ0n) is 25.7. The van der Waals surface area contributed by atoms with E-state index in [-0.39, 0.29) is 22.7 Å². The van der Waals surface area contributed by atoms with Gasteiger partial charge in [0.15, 0.2) is 0 Å². The van der Waals surface area contributed by atoms with Crippen LogP contribution in [0.5, 0.6) is 0 Å². The normalized spacial score (nSPS) is 23.9. The highest BCUT2D eigenvalue weighted by molar-refractivity contribution is 7.99. The summed E-state index contributed by atoms with van der Waals surface area (Å²) in [4.78, 5) is 10.9. The van der Waals surface area contributed by atoms with Crippen LogP contribution in [0.2, 0.25) is 0 Å². The Bertz CT molecular complexity index is 1390. The second-order valence-electron chi connectivity index (χ2n) is 12.4. The van der Waals surface area contributed by atoms with Crippen LogP contribution < -0.4 is 10.3 Å². The quantitative estimate of drug-likeness (QED) is 0.274. The van der Waals surface area contributed by atoms with E-state index in [1.54, 1.807) is 30.5 Å². The second-order valence-corrected chi connectivity index (χ2v) is 13.6. The predicted octanol–water partition coefficient (Wildman–Crippen LogP) is 5.00. The predicted molar refractivity (Wildman–Crippen MR) is 171 cm³/mol. The standard InChI is InChI=1S/C33H41F5N6OS/c34-24-8-11-41(12-9-24)17-18-46-31-19-23(5-6-27(31)33(36,37)38)32-26-20-39-10-7-29(26)44(40-32)22-25(45)21-42-13-15-43(16-14-42)30-4-2-1-3-28(30)35/h1-7,10,19,24-26,32,40,45H,8-9,11-18,20-22H2/t25-,26?,32?/m0/s1. The fourth-order valence-corrected chi connectivity index (χ4v) is 7.95. The van der Waals surface area contributed by atoms with Gasteiger partial charge in [-0.05, 0) is 48.7 Å². The number of piperidine rings is 1. The largest absolute Gasteiger partial charge is 0.417 e. The number of hydrazine groups is 1. The number of halogens is 5. The molecule has 2 aromatic rings. The summed E-state index contributed by atoms with van der Waals surface area (Å²) in [7, 11) is 0. The van der Waals surface area contributed by atoms with Gasteiger partial charge in [-0.3, -0.25) is 9.89 Å². The number of nitrogens with one attached hydrogen (secondary N) is 1. The van der Waals surface area contributed by atoms with Crippen molar-refractivity contribution in [3.05, 3.63) is 71.2 Å². The number of hydrogen-bond acceptors (Lipinski definition) is 8. The molecule has 3 fully saturated rings. The number of anilines is 1. The molecule has 2 aromatic carbocycles. The van der Waals surface area contributed by atoms with Crippen molar-refractivity contribution < 1.29 is 27.1 Å². The number of aliphatic hydroxyl groups excluding tert-OH is 1. The fraction of sp³-hybridized carbons (Fsp3) is 0.545. The number of aliphatic hydroxyl groups is 1. The molecular formula is C33H41F5N6OS. The van der Waals surface area contributed by atoms with Crippen molar-refractivity contribution in [3.8, 4) is 0 Å². The summed E-state index contributed by atoms with van der Waals surface area (Å²) >= 11 is 1.19. The van der Waals surface area contributed by atoms with E-state index in [0.717, 1.165) is 11.3 Å². The van der Waals surface area contributed by atoms with Gasteiger partial charge in [0.25, 0.3) is 0 Å². The highest BCUT2D eigenvalue weighted by Crippen LogP contribution is 2.42. The lowest BCUT2D eigenvalue weighted by atomic mass is 9.91. The van der Waals surface area contributed by atoms with Crippen molar-refractivity contribution in [1.82, 2.24) is 20.2 Å². The molecule has 0 spiro atoms. The maximum Gasteiger partial charge on any atom is 0.417 e. The Hall–Kier alpha value is -2.71. The molecule has 250 valence electrons. The number of aliphatic imine (C=N–C) groups is 1. The van der Waals surface area contributed by atoms with Crippen LogP contribution in [0.4, 0.5) is 27.6 Å². The minimum atomic E-state index is -4.48. The van der Waals surface area contributed by atoms with Gasteiger partial charge in [0.05, 0.1) is 29.9 Å². The van der Waals surface area contributed by atoms with Crippen LogP contribution in [0.3, 0.4) is 0 Å². The van der Waals surface area contributed by atoms with Gasteiger partial charge in [-0.15, -0.1) is 11.8 Å². The van der Waals surface area contributed by atoms with Crippen molar-refractivity contribution >= 4 is 23.7 Å². The first kappa shape index (κ1) is 33.2. The topological polar surface area (TPSA) is 57.6 Å². The molecule has 0 amide bonds. The maximum atomic E-state index is 14.2. The molecule has 0 saturated carbocycles. The fourth-order valence-electron chi connectivity index (χ4n) is 6.83. The van der Waals surface area contributed by atoms with Crippen molar-refractivity contribution in [2.24, 2.45) is 10.9 Å². The third-order valence-electron chi connectivity index (χ3n) is 9.32. The molecule has 3 atom stereocenters. The van der Waals surface area contributed by atoms with Crippen molar-refractivity contribution in [1.29, 1.82) is 0 Å². The number of fused-ring (bicyclic) bond motifs is 1. The van der Waals surface area contributed by atoms with Crippen LogP contribution in [-0.2, 0) is 6.18 Å². The van der Waals surface area contributed by atoms with Crippen LogP contribution >= 0.6 is 11.8 Å². The zero-order valence-corrected chi connectivity index (χ0v) is 26.5. The zero-order chi connectivity index (χ0) is 32.3. The molecule has 4 aliphatic heterocycles. The number of nitrogens with zero attached hydrogens (tertiary/aromatic N) is 5. The minimum Gasteiger partial charge on any atom is -0.390 e. The van der Waals surface area contributed by atoms with Crippen LogP contribution in [0, 0.1) is 11.7 Å². The van der Waals surface area contributed by atoms with Crippen molar-refractivity contribution in [3.63, 3.8) is 0 Å². The molecule has 0 aliphatic carbocycles. The monoisotopic (exact) mass is 664 g/mol. The molecule has 2 unspecified atom stereocenters. The Morgan fingerprint density at radius 1 is 0.978 bits per heavy atom. The Labute approximate surface area is 271 Å². The number of likely N-dealkylation sites (tertiary alicyclic amines) is 1. The number of para-hydroxylation sites is 1. The van der Waals surface area contributed by atoms with Gasteiger partial charge in [0.2, 0.25) is 0 Å². The summed E-state index contributed by atoms with van der Waals surface area (Å²) in [6, 6.07) is 10.8. The number of hydrogen-bond donors (Lipinski definition) is 2. The van der Waals surface area contributed by atoms with Crippen LogP contribution in [0.15, 0.2) is 64.1 Å². The summed E-state index contributed by atoms with van der Waals surface area (Å²) < 4.78 is 69.8. The molecule has 13 heteroatoms. The number of alkyl halides is 4. The number of piperazine rings is 1. The molecule has 46 heavy (non-hydrogen) atoms. The summed E-state index contributed by atoms with van der Waals surface area (Å²) in [5, 5.41) is 13.0. The average molecular weight is 665 g/mol. The number of allylic oxidation sites excluding steroid dienone is 1. The van der Waals surface area contributed by atoms with Gasteiger partial charge in [-0.2, -0.15) is 13.2 Å².